The minimum absolute atomic E-state index is 0.00444. The van der Waals surface area contributed by atoms with Crippen molar-refractivity contribution in [1.82, 2.24) is 10.3 Å². The Morgan fingerprint density at radius 2 is 1.88 bits per heavy atom. The summed E-state index contributed by atoms with van der Waals surface area (Å²) in [5.41, 5.74) is 3.09. The van der Waals surface area contributed by atoms with E-state index in [1.165, 1.54) is 16.5 Å². The van der Waals surface area contributed by atoms with Crippen LogP contribution in [0.15, 0.2) is 54.7 Å². The summed E-state index contributed by atoms with van der Waals surface area (Å²) in [5, 5.41) is 14.0. The lowest BCUT2D eigenvalue weighted by Crippen LogP contribution is -2.42. The molecule has 3 aromatic rings. The van der Waals surface area contributed by atoms with Crippen LogP contribution >= 0.6 is 0 Å². The molecule has 4 heteroatoms. The van der Waals surface area contributed by atoms with Crippen molar-refractivity contribution in [3.05, 3.63) is 65.9 Å². The van der Waals surface area contributed by atoms with Crippen molar-refractivity contribution in [3.8, 4) is 11.8 Å². The molecule has 0 fully saturated rings. The van der Waals surface area contributed by atoms with Gasteiger partial charge in [-0.3, -0.25) is 0 Å². The number of nitrogens with one attached hydrogen (secondary N) is 2. The molecule has 0 atom stereocenters. The maximum Gasteiger partial charge on any atom is 0.137 e. The first-order valence-corrected chi connectivity index (χ1v) is 9.01. The van der Waals surface area contributed by atoms with Crippen LogP contribution in [0.25, 0.3) is 10.9 Å². The van der Waals surface area contributed by atoms with Gasteiger partial charge in [-0.2, -0.15) is 5.26 Å². The number of hydrogen-bond donors (Lipinski definition) is 2. The number of ether oxygens (including phenoxy) is 1. The van der Waals surface area contributed by atoms with Crippen LogP contribution in [0.4, 0.5) is 0 Å². The molecule has 2 N–H and O–H groups in total. The minimum Gasteiger partial charge on any atom is -0.492 e. The number of nitrogens with zero attached hydrogens (tertiary/aromatic N) is 1. The molecule has 3 rings (SSSR count). The Morgan fingerprint density at radius 1 is 1.12 bits per heavy atom. The van der Waals surface area contributed by atoms with E-state index in [-0.39, 0.29) is 5.54 Å². The Kier molecular flexibility index (Phi) is 5.60. The second-order valence-electron chi connectivity index (χ2n) is 7.16. The number of H-pyrrole nitrogens is 1. The highest BCUT2D eigenvalue weighted by atomic mass is 16.5. The number of para-hydroxylation sites is 2. The largest absolute Gasteiger partial charge is 0.492 e. The SMILES string of the molecule is CC(C)(Cc1c[nH]c2ccccc12)NCCCOc1ccccc1C#N. The van der Waals surface area contributed by atoms with Crippen LogP contribution in [0.5, 0.6) is 5.75 Å². The van der Waals surface area contributed by atoms with E-state index < -0.39 is 0 Å². The molecule has 0 aliphatic carbocycles. The van der Waals surface area contributed by atoms with Crippen LogP contribution < -0.4 is 10.1 Å². The molecule has 26 heavy (non-hydrogen) atoms. The summed E-state index contributed by atoms with van der Waals surface area (Å²) >= 11 is 0. The molecule has 0 amide bonds. The van der Waals surface area contributed by atoms with Crippen LogP contribution in [0.2, 0.25) is 0 Å². The first-order chi connectivity index (χ1) is 12.6. The van der Waals surface area contributed by atoms with E-state index in [2.05, 4.69) is 60.7 Å². The average molecular weight is 347 g/mol. The number of rotatable bonds is 8. The minimum atomic E-state index is -0.00444. The molecule has 0 saturated heterocycles. The number of nitriles is 1. The molecular formula is C22H25N3O. The predicted molar refractivity (Wildman–Crippen MR) is 105 cm³/mol. The number of aromatic nitrogens is 1. The summed E-state index contributed by atoms with van der Waals surface area (Å²) in [4.78, 5) is 3.34. The second-order valence-corrected chi connectivity index (χ2v) is 7.16. The second kappa shape index (κ2) is 8.07. The maximum atomic E-state index is 9.08. The summed E-state index contributed by atoms with van der Waals surface area (Å²) in [6, 6.07) is 17.9. The van der Waals surface area contributed by atoms with Gasteiger partial charge >= 0.3 is 0 Å². The number of hydrogen-bond acceptors (Lipinski definition) is 3. The van der Waals surface area contributed by atoms with Crippen molar-refractivity contribution in [2.45, 2.75) is 32.2 Å². The molecule has 0 saturated carbocycles. The smallest absolute Gasteiger partial charge is 0.137 e. The summed E-state index contributed by atoms with van der Waals surface area (Å²) in [7, 11) is 0. The van der Waals surface area contributed by atoms with Gasteiger partial charge in [0.15, 0.2) is 0 Å². The molecule has 0 radical (unpaired) electrons. The fraction of sp³-hybridized carbons (Fsp3) is 0.318. The standard InChI is InChI=1S/C22H25N3O/c1-22(2,14-18-16-24-20-10-5-4-9-19(18)20)25-12-7-13-26-21-11-6-3-8-17(21)15-23/h3-6,8-11,16,24-25H,7,12-14H2,1-2H3. The zero-order chi connectivity index (χ0) is 18.4. The van der Waals surface area contributed by atoms with Gasteiger partial charge in [0.1, 0.15) is 11.8 Å². The van der Waals surface area contributed by atoms with Gasteiger partial charge in [0.25, 0.3) is 0 Å². The number of aromatic amines is 1. The van der Waals surface area contributed by atoms with Crippen molar-refractivity contribution >= 4 is 10.9 Å². The van der Waals surface area contributed by atoms with Crippen LogP contribution in [-0.4, -0.2) is 23.7 Å². The highest BCUT2D eigenvalue weighted by molar-refractivity contribution is 5.83. The van der Waals surface area contributed by atoms with Gasteiger partial charge in [0.2, 0.25) is 0 Å². The fourth-order valence-electron chi connectivity index (χ4n) is 3.18. The van der Waals surface area contributed by atoms with E-state index >= 15 is 0 Å². The van der Waals surface area contributed by atoms with Gasteiger partial charge in [-0.15, -0.1) is 0 Å². The zero-order valence-corrected chi connectivity index (χ0v) is 15.4. The quantitative estimate of drug-likeness (QED) is 0.593. The number of fused-ring (bicyclic) bond motifs is 1. The van der Waals surface area contributed by atoms with E-state index in [0.717, 1.165) is 19.4 Å². The summed E-state index contributed by atoms with van der Waals surface area (Å²) in [6.45, 7) is 5.90. The zero-order valence-electron chi connectivity index (χ0n) is 15.4. The molecule has 4 nitrogen and oxygen atoms in total. The van der Waals surface area contributed by atoms with Gasteiger partial charge in [-0.25, -0.2) is 0 Å². The van der Waals surface area contributed by atoms with E-state index in [9.17, 15) is 0 Å². The fourth-order valence-corrected chi connectivity index (χ4v) is 3.18. The lowest BCUT2D eigenvalue weighted by molar-refractivity contribution is 0.293. The van der Waals surface area contributed by atoms with Crippen molar-refractivity contribution < 1.29 is 4.74 Å². The van der Waals surface area contributed by atoms with Crippen LogP contribution in [0.1, 0.15) is 31.4 Å². The Bertz CT molecular complexity index is 905. The average Bonchev–Trinajstić information content (AvgIpc) is 3.04. The highest BCUT2D eigenvalue weighted by Gasteiger charge is 2.19. The van der Waals surface area contributed by atoms with Gasteiger partial charge < -0.3 is 15.0 Å². The molecule has 0 bridgehead atoms. The summed E-state index contributed by atoms with van der Waals surface area (Å²) in [6.07, 6.45) is 3.95. The molecule has 0 aliphatic rings. The maximum absolute atomic E-state index is 9.08. The molecule has 0 aliphatic heterocycles. The molecule has 134 valence electrons. The van der Waals surface area contributed by atoms with Crippen LogP contribution in [0.3, 0.4) is 0 Å². The van der Waals surface area contributed by atoms with E-state index in [1.807, 2.05) is 18.2 Å². The third-order valence-electron chi connectivity index (χ3n) is 4.50. The molecule has 0 spiro atoms. The van der Waals surface area contributed by atoms with Gasteiger partial charge in [-0.1, -0.05) is 30.3 Å². The highest BCUT2D eigenvalue weighted by Crippen LogP contribution is 2.22. The van der Waals surface area contributed by atoms with E-state index in [1.54, 1.807) is 6.07 Å². The molecule has 1 heterocycles. The van der Waals surface area contributed by atoms with E-state index in [4.69, 9.17) is 10.00 Å². The first-order valence-electron chi connectivity index (χ1n) is 9.01. The monoisotopic (exact) mass is 347 g/mol. The van der Waals surface area contributed by atoms with Gasteiger partial charge in [0.05, 0.1) is 12.2 Å². The Morgan fingerprint density at radius 3 is 2.73 bits per heavy atom. The van der Waals surface area contributed by atoms with E-state index in [0.29, 0.717) is 17.9 Å². The third-order valence-corrected chi connectivity index (χ3v) is 4.50. The first kappa shape index (κ1) is 18.0. The number of benzene rings is 2. The molecule has 1 aromatic heterocycles. The van der Waals surface area contributed by atoms with Crippen molar-refractivity contribution in [2.75, 3.05) is 13.2 Å². The Balaban J connectivity index is 1.47. The third kappa shape index (κ3) is 4.44. The summed E-state index contributed by atoms with van der Waals surface area (Å²) < 4.78 is 5.74. The van der Waals surface area contributed by atoms with Crippen molar-refractivity contribution in [2.24, 2.45) is 0 Å². The molecule has 2 aromatic carbocycles. The Labute approximate surface area is 154 Å². The molecular weight excluding hydrogens is 322 g/mol. The Hall–Kier alpha value is -2.77. The van der Waals surface area contributed by atoms with Crippen molar-refractivity contribution in [1.29, 1.82) is 5.26 Å². The van der Waals surface area contributed by atoms with Crippen molar-refractivity contribution in [3.63, 3.8) is 0 Å². The lowest BCUT2D eigenvalue weighted by atomic mass is 9.94. The molecule has 0 unspecified atom stereocenters. The normalized spacial score (nSPS) is 11.4. The van der Waals surface area contributed by atoms with Gasteiger partial charge in [-0.05, 0) is 57.0 Å². The summed E-state index contributed by atoms with van der Waals surface area (Å²) in [5.74, 6) is 0.660. The van der Waals surface area contributed by atoms with Crippen LogP contribution in [0, 0.1) is 11.3 Å². The van der Waals surface area contributed by atoms with Gasteiger partial charge in [0, 0.05) is 22.6 Å². The topological polar surface area (TPSA) is 60.8 Å². The lowest BCUT2D eigenvalue weighted by Gasteiger charge is -2.26. The van der Waals surface area contributed by atoms with Crippen LogP contribution in [-0.2, 0) is 6.42 Å². The predicted octanol–water partition coefficient (Wildman–Crippen LogP) is 4.42.